The van der Waals surface area contributed by atoms with Crippen LogP contribution in [0.2, 0.25) is 0 Å². The smallest absolute Gasteiger partial charge is 0.0704 e. The Kier molecular flexibility index (Phi) is 4.00. The van der Waals surface area contributed by atoms with Gasteiger partial charge in [-0.2, -0.15) is 0 Å². The van der Waals surface area contributed by atoms with Gasteiger partial charge in [-0.25, -0.2) is 0 Å². The largest absolute Gasteiger partial charge is 0.381 e. The maximum Gasteiger partial charge on any atom is 0.0704 e. The van der Waals surface area contributed by atoms with Gasteiger partial charge in [0.15, 0.2) is 0 Å². The van der Waals surface area contributed by atoms with Crippen molar-refractivity contribution in [3.8, 4) is 0 Å². The van der Waals surface area contributed by atoms with E-state index in [0.29, 0.717) is 24.4 Å². The molecule has 1 aliphatic carbocycles. The normalized spacial score (nSPS) is 41.2. The highest BCUT2D eigenvalue weighted by atomic mass is 16.5. The van der Waals surface area contributed by atoms with Crippen molar-refractivity contribution in [2.24, 2.45) is 0 Å². The molecule has 0 radical (unpaired) electrons. The quantitative estimate of drug-likeness (QED) is 0.771. The molecule has 0 spiro atoms. The highest BCUT2D eigenvalue weighted by Crippen LogP contribution is 2.23. The topological polar surface area (TPSA) is 30.5 Å². The lowest BCUT2D eigenvalue weighted by Gasteiger charge is -2.16. The number of methoxy groups -OCH3 is 1. The Morgan fingerprint density at radius 3 is 2.73 bits per heavy atom. The molecule has 0 bridgehead atoms. The second kappa shape index (κ2) is 5.28. The molecule has 1 aliphatic heterocycles. The molecular weight excluding hydrogens is 190 g/mol. The summed E-state index contributed by atoms with van der Waals surface area (Å²) >= 11 is 0. The summed E-state index contributed by atoms with van der Waals surface area (Å²) in [6, 6.07) is 0.648. The van der Waals surface area contributed by atoms with Crippen molar-refractivity contribution in [2.45, 2.75) is 63.4 Å². The zero-order valence-electron chi connectivity index (χ0n) is 9.87. The van der Waals surface area contributed by atoms with Crippen molar-refractivity contribution >= 4 is 0 Å². The van der Waals surface area contributed by atoms with Crippen LogP contribution in [0, 0.1) is 0 Å². The standard InChI is InChI=1S/C12H23NO2/c1-9-3-5-12(15-9)8-13-10-4-6-11(7-10)14-2/h9-13H,3-8H2,1-2H3. The average molecular weight is 213 g/mol. The van der Waals surface area contributed by atoms with Gasteiger partial charge in [0, 0.05) is 19.7 Å². The second-order valence-corrected chi connectivity index (χ2v) is 4.92. The average Bonchev–Trinajstić information content (AvgIpc) is 2.83. The Bertz CT molecular complexity index is 198. The molecule has 0 aromatic heterocycles. The van der Waals surface area contributed by atoms with Gasteiger partial charge in [0.05, 0.1) is 18.3 Å². The van der Waals surface area contributed by atoms with Gasteiger partial charge in [-0.15, -0.1) is 0 Å². The first kappa shape index (κ1) is 11.4. The molecule has 4 unspecified atom stereocenters. The van der Waals surface area contributed by atoms with E-state index in [1.165, 1.54) is 32.1 Å². The number of rotatable bonds is 4. The maximum atomic E-state index is 5.78. The Morgan fingerprint density at radius 2 is 2.13 bits per heavy atom. The van der Waals surface area contributed by atoms with Gasteiger partial charge in [0.1, 0.15) is 0 Å². The van der Waals surface area contributed by atoms with Crippen LogP contribution < -0.4 is 5.32 Å². The van der Waals surface area contributed by atoms with Gasteiger partial charge in [0.2, 0.25) is 0 Å². The number of hydrogen-bond donors (Lipinski definition) is 1. The second-order valence-electron chi connectivity index (χ2n) is 4.92. The van der Waals surface area contributed by atoms with Crippen molar-refractivity contribution in [3.63, 3.8) is 0 Å². The molecule has 2 fully saturated rings. The van der Waals surface area contributed by atoms with E-state index >= 15 is 0 Å². The van der Waals surface area contributed by atoms with E-state index in [1.54, 1.807) is 0 Å². The van der Waals surface area contributed by atoms with E-state index < -0.39 is 0 Å². The van der Waals surface area contributed by atoms with Crippen molar-refractivity contribution < 1.29 is 9.47 Å². The fourth-order valence-corrected chi connectivity index (χ4v) is 2.67. The Balaban J connectivity index is 1.62. The lowest BCUT2D eigenvalue weighted by molar-refractivity contribution is 0.0536. The van der Waals surface area contributed by atoms with E-state index in [1.807, 2.05) is 7.11 Å². The molecule has 2 rings (SSSR count). The maximum absolute atomic E-state index is 5.78. The molecule has 0 aromatic carbocycles. The summed E-state index contributed by atoms with van der Waals surface area (Å²) in [6.45, 7) is 3.18. The highest BCUT2D eigenvalue weighted by molar-refractivity contribution is 4.83. The molecule has 3 nitrogen and oxygen atoms in total. The fourth-order valence-electron chi connectivity index (χ4n) is 2.67. The van der Waals surface area contributed by atoms with Crippen molar-refractivity contribution in [2.75, 3.05) is 13.7 Å². The predicted molar refractivity (Wildman–Crippen MR) is 60.0 cm³/mol. The van der Waals surface area contributed by atoms with E-state index in [4.69, 9.17) is 9.47 Å². The van der Waals surface area contributed by atoms with Gasteiger partial charge < -0.3 is 14.8 Å². The third-order valence-electron chi connectivity index (χ3n) is 3.67. The van der Waals surface area contributed by atoms with E-state index in [-0.39, 0.29) is 0 Å². The van der Waals surface area contributed by atoms with Crippen LogP contribution in [0.1, 0.15) is 39.0 Å². The van der Waals surface area contributed by atoms with Gasteiger partial charge in [-0.3, -0.25) is 0 Å². The number of hydrogen-bond acceptors (Lipinski definition) is 3. The minimum atomic E-state index is 0.446. The monoisotopic (exact) mass is 213 g/mol. The minimum absolute atomic E-state index is 0.446. The molecule has 88 valence electrons. The van der Waals surface area contributed by atoms with Crippen LogP contribution in [0.25, 0.3) is 0 Å². The molecule has 2 aliphatic rings. The first-order valence-corrected chi connectivity index (χ1v) is 6.19. The minimum Gasteiger partial charge on any atom is -0.381 e. The van der Waals surface area contributed by atoms with Gasteiger partial charge >= 0.3 is 0 Å². The Morgan fingerprint density at radius 1 is 1.27 bits per heavy atom. The predicted octanol–water partition coefficient (Wildman–Crippen LogP) is 1.71. The zero-order valence-corrected chi connectivity index (χ0v) is 9.87. The summed E-state index contributed by atoms with van der Waals surface area (Å²) < 4.78 is 11.1. The van der Waals surface area contributed by atoms with Crippen molar-refractivity contribution in [3.05, 3.63) is 0 Å². The van der Waals surface area contributed by atoms with Crippen LogP contribution >= 0.6 is 0 Å². The molecular formula is C12H23NO2. The third-order valence-corrected chi connectivity index (χ3v) is 3.67. The number of nitrogens with one attached hydrogen (secondary N) is 1. The van der Waals surface area contributed by atoms with Gasteiger partial charge in [-0.1, -0.05) is 0 Å². The molecule has 15 heavy (non-hydrogen) atoms. The lowest BCUT2D eigenvalue weighted by Crippen LogP contribution is -2.34. The number of ether oxygens (including phenoxy) is 2. The Labute approximate surface area is 92.5 Å². The summed E-state index contributed by atoms with van der Waals surface area (Å²) in [5, 5.41) is 3.60. The van der Waals surface area contributed by atoms with Crippen LogP contribution in [0.15, 0.2) is 0 Å². The molecule has 0 aromatic rings. The summed E-state index contributed by atoms with van der Waals surface area (Å²) in [7, 11) is 1.81. The van der Waals surface area contributed by atoms with Crippen molar-refractivity contribution in [1.29, 1.82) is 0 Å². The lowest BCUT2D eigenvalue weighted by atomic mass is 10.2. The molecule has 1 saturated heterocycles. The van der Waals surface area contributed by atoms with Crippen LogP contribution in [0.3, 0.4) is 0 Å². The highest BCUT2D eigenvalue weighted by Gasteiger charge is 2.26. The van der Waals surface area contributed by atoms with E-state index in [9.17, 15) is 0 Å². The molecule has 3 heteroatoms. The van der Waals surface area contributed by atoms with E-state index in [2.05, 4.69) is 12.2 Å². The zero-order chi connectivity index (χ0) is 10.7. The Hall–Kier alpha value is -0.120. The SMILES string of the molecule is COC1CCC(NCC2CCC(C)O2)C1. The van der Waals surface area contributed by atoms with Crippen LogP contribution in [0.4, 0.5) is 0 Å². The van der Waals surface area contributed by atoms with Crippen LogP contribution in [-0.4, -0.2) is 38.0 Å². The fraction of sp³-hybridized carbons (Fsp3) is 1.00. The first-order valence-electron chi connectivity index (χ1n) is 6.19. The van der Waals surface area contributed by atoms with Crippen LogP contribution in [0.5, 0.6) is 0 Å². The van der Waals surface area contributed by atoms with Crippen LogP contribution in [-0.2, 0) is 9.47 Å². The van der Waals surface area contributed by atoms with Crippen molar-refractivity contribution in [1.82, 2.24) is 5.32 Å². The van der Waals surface area contributed by atoms with Gasteiger partial charge in [0.25, 0.3) is 0 Å². The van der Waals surface area contributed by atoms with Gasteiger partial charge in [-0.05, 0) is 39.0 Å². The molecule has 1 heterocycles. The molecule has 0 amide bonds. The molecule has 4 atom stereocenters. The summed E-state index contributed by atoms with van der Waals surface area (Å²) in [5.41, 5.74) is 0. The third kappa shape index (κ3) is 3.16. The summed E-state index contributed by atoms with van der Waals surface area (Å²) in [4.78, 5) is 0. The molecule has 1 saturated carbocycles. The molecule has 1 N–H and O–H groups in total. The summed E-state index contributed by atoms with van der Waals surface area (Å²) in [5.74, 6) is 0. The van der Waals surface area contributed by atoms with E-state index in [0.717, 1.165) is 6.54 Å². The first-order chi connectivity index (χ1) is 7.28. The summed E-state index contributed by atoms with van der Waals surface area (Å²) in [6.07, 6.45) is 7.45.